The Morgan fingerprint density at radius 3 is 2.55 bits per heavy atom. The van der Waals surface area contributed by atoms with Gasteiger partial charge < -0.3 is 15.2 Å². The van der Waals surface area contributed by atoms with Crippen LogP contribution in [0, 0.1) is 5.82 Å². The number of rotatable bonds is 3. The number of halogens is 2. The van der Waals surface area contributed by atoms with Crippen LogP contribution >= 0.6 is 11.6 Å². The van der Waals surface area contributed by atoms with Crippen LogP contribution in [-0.2, 0) is 9.53 Å². The standard InChI is InChI=1S/C13H13ClFNO4/c14-8-1-2-9(10(15)7-8)11(17)16-13(12(18)19)3-5-20-6-4-13/h1-2,7H,3-6H2,(H,16,17)(H,18,19). The molecule has 1 fully saturated rings. The molecular formula is C13H13ClFNO4. The lowest BCUT2D eigenvalue weighted by atomic mass is 9.89. The van der Waals surface area contributed by atoms with Crippen LogP contribution in [0.4, 0.5) is 4.39 Å². The van der Waals surface area contributed by atoms with Gasteiger partial charge in [-0.05, 0) is 18.2 Å². The molecule has 1 aliphatic rings. The van der Waals surface area contributed by atoms with Crippen molar-refractivity contribution < 1.29 is 23.8 Å². The van der Waals surface area contributed by atoms with Gasteiger partial charge in [0.05, 0.1) is 5.56 Å². The van der Waals surface area contributed by atoms with Crippen molar-refractivity contribution in [1.29, 1.82) is 0 Å². The van der Waals surface area contributed by atoms with E-state index in [2.05, 4.69) is 5.32 Å². The third-order valence-electron chi connectivity index (χ3n) is 3.28. The molecule has 0 spiro atoms. The molecule has 0 atom stereocenters. The fourth-order valence-corrected chi connectivity index (χ4v) is 2.23. The van der Waals surface area contributed by atoms with Crippen molar-refractivity contribution >= 4 is 23.5 Å². The normalized spacial score (nSPS) is 17.5. The van der Waals surface area contributed by atoms with E-state index in [4.69, 9.17) is 16.3 Å². The molecule has 0 radical (unpaired) electrons. The number of carboxylic acids is 1. The van der Waals surface area contributed by atoms with Gasteiger partial charge in [-0.1, -0.05) is 11.6 Å². The number of amides is 1. The summed E-state index contributed by atoms with van der Waals surface area (Å²) in [4.78, 5) is 23.5. The third-order valence-corrected chi connectivity index (χ3v) is 3.52. The Labute approximate surface area is 119 Å². The van der Waals surface area contributed by atoms with E-state index in [0.29, 0.717) is 0 Å². The van der Waals surface area contributed by atoms with E-state index >= 15 is 0 Å². The maximum atomic E-state index is 13.7. The number of ether oxygens (including phenoxy) is 1. The minimum absolute atomic E-state index is 0.142. The van der Waals surface area contributed by atoms with E-state index in [9.17, 15) is 19.1 Å². The fraction of sp³-hybridized carbons (Fsp3) is 0.385. The number of carbonyl (C=O) groups is 2. The average Bonchev–Trinajstić information content (AvgIpc) is 2.39. The molecule has 0 aliphatic carbocycles. The lowest BCUT2D eigenvalue weighted by Crippen LogP contribution is -2.57. The fourth-order valence-electron chi connectivity index (χ4n) is 2.07. The van der Waals surface area contributed by atoms with Gasteiger partial charge in [-0.3, -0.25) is 4.79 Å². The number of carbonyl (C=O) groups excluding carboxylic acids is 1. The molecule has 0 aromatic heterocycles. The summed E-state index contributed by atoms with van der Waals surface area (Å²) in [5.41, 5.74) is -1.65. The first-order valence-electron chi connectivity index (χ1n) is 6.03. The first-order chi connectivity index (χ1) is 9.44. The highest BCUT2D eigenvalue weighted by Crippen LogP contribution is 2.23. The largest absolute Gasteiger partial charge is 0.480 e. The van der Waals surface area contributed by atoms with Gasteiger partial charge in [0.15, 0.2) is 0 Å². The molecule has 2 rings (SSSR count). The summed E-state index contributed by atoms with van der Waals surface area (Å²) in [5.74, 6) is -2.71. The number of aliphatic carboxylic acids is 1. The Morgan fingerprint density at radius 2 is 2.00 bits per heavy atom. The van der Waals surface area contributed by atoms with Crippen molar-refractivity contribution in [3.63, 3.8) is 0 Å². The van der Waals surface area contributed by atoms with Crippen LogP contribution in [0.15, 0.2) is 18.2 Å². The smallest absolute Gasteiger partial charge is 0.329 e. The molecular weight excluding hydrogens is 289 g/mol. The highest BCUT2D eigenvalue weighted by Gasteiger charge is 2.42. The highest BCUT2D eigenvalue weighted by molar-refractivity contribution is 6.30. The van der Waals surface area contributed by atoms with E-state index in [1.54, 1.807) is 0 Å². The Hall–Kier alpha value is -1.66. The first-order valence-corrected chi connectivity index (χ1v) is 6.41. The van der Waals surface area contributed by atoms with Crippen molar-refractivity contribution in [3.05, 3.63) is 34.6 Å². The number of hydrogen-bond donors (Lipinski definition) is 2. The molecule has 1 heterocycles. The van der Waals surface area contributed by atoms with Gasteiger partial charge in [0.2, 0.25) is 0 Å². The molecule has 1 amide bonds. The van der Waals surface area contributed by atoms with E-state index in [1.165, 1.54) is 12.1 Å². The van der Waals surface area contributed by atoms with Crippen molar-refractivity contribution in [2.45, 2.75) is 18.4 Å². The summed E-state index contributed by atoms with van der Waals surface area (Å²) in [5, 5.41) is 11.9. The van der Waals surface area contributed by atoms with Crippen molar-refractivity contribution in [3.8, 4) is 0 Å². The lowest BCUT2D eigenvalue weighted by molar-refractivity contribution is -0.148. The predicted molar refractivity (Wildman–Crippen MR) is 69.3 cm³/mol. The van der Waals surface area contributed by atoms with E-state index in [1.807, 2.05) is 0 Å². The minimum Gasteiger partial charge on any atom is -0.480 e. The summed E-state index contributed by atoms with van der Waals surface area (Å²) < 4.78 is 18.8. The van der Waals surface area contributed by atoms with Gasteiger partial charge in [-0.15, -0.1) is 0 Å². The molecule has 1 saturated heterocycles. The number of hydrogen-bond acceptors (Lipinski definition) is 3. The quantitative estimate of drug-likeness (QED) is 0.893. The molecule has 2 N–H and O–H groups in total. The molecule has 108 valence electrons. The second kappa shape index (κ2) is 5.76. The molecule has 7 heteroatoms. The Balaban J connectivity index is 2.22. The number of benzene rings is 1. The van der Waals surface area contributed by atoms with E-state index < -0.39 is 23.2 Å². The third kappa shape index (κ3) is 2.91. The predicted octanol–water partition coefficient (Wildman–Crippen LogP) is 1.84. The van der Waals surface area contributed by atoms with Crippen LogP contribution in [0.3, 0.4) is 0 Å². The summed E-state index contributed by atoms with van der Waals surface area (Å²) in [6.07, 6.45) is 0.284. The van der Waals surface area contributed by atoms with Crippen LogP contribution in [0.2, 0.25) is 5.02 Å². The average molecular weight is 302 g/mol. The van der Waals surface area contributed by atoms with Crippen LogP contribution < -0.4 is 5.32 Å². The SMILES string of the molecule is O=C(NC1(C(=O)O)CCOCC1)c1ccc(Cl)cc1F. The van der Waals surface area contributed by atoms with Crippen LogP contribution in [0.25, 0.3) is 0 Å². The second-order valence-corrected chi connectivity index (χ2v) is 5.01. The summed E-state index contributed by atoms with van der Waals surface area (Å²) >= 11 is 5.61. The zero-order valence-electron chi connectivity index (χ0n) is 10.5. The molecule has 0 unspecified atom stereocenters. The zero-order valence-corrected chi connectivity index (χ0v) is 11.2. The monoisotopic (exact) mass is 301 g/mol. The number of nitrogens with one attached hydrogen (secondary N) is 1. The number of carboxylic acid groups (broad SMARTS) is 1. The summed E-state index contributed by atoms with van der Waals surface area (Å²) in [6, 6.07) is 3.60. The van der Waals surface area contributed by atoms with Crippen LogP contribution in [0.5, 0.6) is 0 Å². The maximum absolute atomic E-state index is 13.7. The van der Waals surface area contributed by atoms with E-state index in [0.717, 1.165) is 6.07 Å². The zero-order chi connectivity index (χ0) is 14.8. The van der Waals surface area contributed by atoms with Crippen LogP contribution in [0.1, 0.15) is 23.2 Å². The molecule has 5 nitrogen and oxygen atoms in total. The first kappa shape index (κ1) is 14.7. The Bertz CT molecular complexity index is 543. The summed E-state index contributed by atoms with van der Waals surface area (Å²) in [7, 11) is 0. The van der Waals surface area contributed by atoms with E-state index in [-0.39, 0.29) is 36.6 Å². The molecule has 0 saturated carbocycles. The highest BCUT2D eigenvalue weighted by atomic mass is 35.5. The molecule has 1 aromatic rings. The molecule has 1 aromatic carbocycles. The van der Waals surface area contributed by atoms with Gasteiger partial charge in [0.25, 0.3) is 5.91 Å². The van der Waals surface area contributed by atoms with Gasteiger partial charge >= 0.3 is 5.97 Å². The summed E-state index contributed by atoms with van der Waals surface area (Å²) in [6.45, 7) is 0.464. The van der Waals surface area contributed by atoms with Gasteiger partial charge in [0, 0.05) is 31.1 Å². The minimum atomic E-state index is -1.42. The van der Waals surface area contributed by atoms with Crippen LogP contribution in [-0.4, -0.2) is 35.7 Å². The topological polar surface area (TPSA) is 75.6 Å². The molecule has 0 bridgehead atoms. The van der Waals surface area contributed by atoms with Gasteiger partial charge in [-0.25, -0.2) is 9.18 Å². The maximum Gasteiger partial charge on any atom is 0.329 e. The Kier molecular flexibility index (Phi) is 4.25. The van der Waals surface area contributed by atoms with Gasteiger partial charge in [-0.2, -0.15) is 0 Å². The lowest BCUT2D eigenvalue weighted by Gasteiger charge is -2.33. The van der Waals surface area contributed by atoms with Crippen molar-refractivity contribution in [2.24, 2.45) is 0 Å². The second-order valence-electron chi connectivity index (χ2n) is 4.58. The molecule has 1 aliphatic heterocycles. The van der Waals surface area contributed by atoms with Crippen molar-refractivity contribution in [1.82, 2.24) is 5.32 Å². The van der Waals surface area contributed by atoms with Gasteiger partial charge in [0.1, 0.15) is 11.4 Å². The Morgan fingerprint density at radius 1 is 1.35 bits per heavy atom. The van der Waals surface area contributed by atoms with Crippen molar-refractivity contribution in [2.75, 3.05) is 13.2 Å². The molecule has 20 heavy (non-hydrogen) atoms.